The summed E-state index contributed by atoms with van der Waals surface area (Å²) < 4.78 is 11.2. The van der Waals surface area contributed by atoms with Gasteiger partial charge >= 0.3 is 11.9 Å². The number of non-ortho nitro benzene ring substituents is 1. The minimum atomic E-state index is -0.937. The summed E-state index contributed by atoms with van der Waals surface area (Å²) in [4.78, 5) is 40.1. The second-order valence-electron chi connectivity index (χ2n) is 9.82. The molecule has 10 nitrogen and oxygen atoms in total. The van der Waals surface area contributed by atoms with E-state index < -0.39 is 28.9 Å². The first-order chi connectivity index (χ1) is 18.7. The van der Waals surface area contributed by atoms with Crippen molar-refractivity contribution in [1.82, 2.24) is 10.2 Å². The lowest BCUT2D eigenvalue weighted by molar-refractivity contribution is -0.384. The van der Waals surface area contributed by atoms with Crippen LogP contribution < -0.4 is 5.32 Å². The third-order valence-electron chi connectivity index (χ3n) is 7.20. The SMILES string of the molecule is COC(=O)C1=C(C)NC(C)=C(C(=O)OC(CN2CCC(O)CC2)c2ccccc2)C1c1cccc([N+](=O)[O-])c1. The van der Waals surface area contributed by atoms with Crippen LogP contribution in [0.25, 0.3) is 0 Å². The summed E-state index contributed by atoms with van der Waals surface area (Å²) in [5, 5.41) is 24.5. The zero-order valence-corrected chi connectivity index (χ0v) is 22.3. The molecule has 0 radical (unpaired) electrons. The van der Waals surface area contributed by atoms with Crippen molar-refractivity contribution in [2.45, 2.75) is 44.8 Å². The van der Waals surface area contributed by atoms with Gasteiger partial charge in [0.25, 0.3) is 5.69 Å². The first-order valence-electron chi connectivity index (χ1n) is 12.9. The van der Waals surface area contributed by atoms with Gasteiger partial charge in [-0.1, -0.05) is 42.5 Å². The highest BCUT2D eigenvalue weighted by molar-refractivity contribution is 6.00. The number of rotatable bonds is 8. The number of ether oxygens (including phenoxy) is 2. The van der Waals surface area contributed by atoms with Crippen LogP contribution in [0.3, 0.4) is 0 Å². The van der Waals surface area contributed by atoms with Gasteiger partial charge in [-0.2, -0.15) is 0 Å². The summed E-state index contributed by atoms with van der Waals surface area (Å²) >= 11 is 0. The van der Waals surface area contributed by atoms with Crippen LogP contribution in [0.15, 0.2) is 77.1 Å². The van der Waals surface area contributed by atoms with Gasteiger partial charge in [-0.15, -0.1) is 0 Å². The molecule has 0 bridgehead atoms. The zero-order chi connectivity index (χ0) is 28.1. The maximum absolute atomic E-state index is 14.0. The van der Waals surface area contributed by atoms with E-state index in [1.165, 1.54) is 25.3 Å². The molecule has 206 valence electrons. The fraction of sp³-hybridized carbons (Fsp3) is 0.379. The molecule has 0 amide bonds. The Morgan fingerprint density at radius 2 is 1.69 bits per heavy atom. The van der Waals surface area contributed by atoms with Crippen LogP contribution in [-0.2, 0) is 19.1 Å². The largest absolute Gasteiger partial charge is 0.466 e. The fourth-order valence-electron chi connectivity index (χ4n) is 5.20. The molecule has 39 heavy (non-hydrogen) atoms. The summed E-state index contributed by atoms with van der Waals surface area (Å²) in [6.07, 6.45) is 0.340. The van der Waals surface area contributed by atoms with Gasteiger partial charge in [-0.3, -0.25) is 15.0 Å². The minimum absolute atomic E-state index is 0.160. The van der Waals surface area contributed by atoms with Crippen LogP contribution in [0.4, 0.5) is 5.69 Å². The lowest BCUT2D eigenvalue weighted by Crippen LogP contribution is -2.39. The lowest BCUT2D eigenvalue weighted by Gasteiger charge is -2.34. The molecule has 0 spiro atoms. The topological polar surface area (TPSA) is 131 Å². The molecule has 2 N–H and O–H groups in total. The Labute approximate surface area is 227 Å². The molecule has 10 heteroatoms. The van der Waals surface area contributed by atoms with E-state index >= 15 is 0 Å². The first-order valence-corrected chi connectivity index (χ1v) is 12.9. The maximum atomic E-state index is 14.0. The molecule has 2 heterocycles. The number of piperidine rings is 1. The second kappa shape index (κ2) is 12.2. The molecule has 2 aliphatic heterocycles. The summed E-state index contributed by atoms with van der Waals surface area (Å²) in [5.74, 6) is -2.23. The van der Waals surface area contributed by atoms with Gasteiger partial charge in [0, 0.05) is 43.2 Å². The predicted octanol–water partition coefficient (Wildman–Crippen LogP) is 3.74. The van der Waals surface area contributed by atoms with Crippen molar-refractivity contribution < 1.29 is 29.1 Å². The van der Waals surface area contributed by atoms with E-state index in [1.807, 2.05) is 30.3 Å². The number of benzene rings is 2. The predicted molar refractivity (Wildman–Crippen MR) is 143 cm³/mol. The van der Waals surface area contributed by atoms with Gasteiger partial charge in [0.15, 0.2) is 0 Å². The number of aliphatic hydroxyl groups excluding tert-OH is 1. The van der Waals surface area contributed by atoms with Crippen LogP contribution in [-0.4, -0.2) is 59.7 Å². The van der Waals surface area contributed by atoms with E-state index in [1.54, 1.807) is 19.9 Å². The molecule has 4 rings (SSSR count). The number of dihydropyridines is 1. The Hall–Kier alpha value is -4.02. The standard InChI is InChI=1S/C29H33N3O7/c1-18-25(28(34)38-3)27(21-10-7-11-22(16-21)32(36)37)26(19(2)30-18)29(35)39-24(20-8-5-4-6-9-20)17-31-14-12-23(33)13-15-31/h4-11,16,23-24,27,30,33H,12-15,17H2,1-3H3. The van der Waals surface area contributed by atoms with E-state index in [-0.39, 0.29) is 22.9 Å². The first kappa shape index (κ1) is 28.0. The number of methoxy groups -OCH3 is 1. The minimum Gasteiger partial charge on any atom is -0.466 e. The highest BCUT2D eigenvalue weighted by Gasteiger charge is 2.39. The molecule has 2 aromatic carbocycles. The molecule has 2 aromatic rings. The number of esters is 2. The Morgan fingerprint density at radius 1 is 1.05 bits per heavy atom. The van der Waals surface area contributed by atoms with Crippen molar-refractivity contribution in [1.29, 1.82) is 0 Å². The summed E-state index contributed by atoms with van der Waals surface area (Å²) in [6, 6.07) is 15.3. The van der Waals surface area contributed by atoms with Gasteiger partial charge in [-0.25, -0.2) is 9.59 Å². The third-order valence-corrected chi connectivity index (χ3v) is 7.20. The fourth-order valence-corrected chi connectivity index (χ4v) is 5.20. The summed E-state index contributed by atoms with van der Waals surface area (Å²) in [6.45, 7) is 5.19. The number of likely N-dealkylation sites (tertiary alicyclic amines) is 1. The van der Waals surface area contributed by atoms with Gasteiger partial charge in [0.05, 0.1) is 35.2 Å². The molecule has 1 saturated heterocycles. The Morgan fingerprint density at radius 3 is 2.31 bits per heavy atom. The number of nitro groups is 1. The number of carbonyl (C=O) groups is 2. The lowest BCUT2D eigenvalue weighted by atomic mass is 9.80. The third kappa shape index (κ3) is 6.35. The number of nitro benzene ring substituents is 1. The van der Waals surface area contributed by atoms with E-state index in [2.05, 4.69) is 10.2 Å². The van der Waals surface area contributed by atoms with Gasteiger partial charge < -0.3 is 19.9 Å². The van der Waals surface area contributed by atoms with Gasteiger partial charge in [0.1, 0.15) is 6.10 Å². The number of aliphatic hydroxyl groups is 1. The van der Waals surface area contributed by atoms with E-state index in [9.17, 15) is 24.8 Å². The monoisotopic (exact) mass is 535 g/mol. The Bertz CT molecular complexity index is 1300. The number of allylic oxidation sites excluding steroid dienone is 2. The van der Waals surface area contributed by atoms with Crippen molar-refractivity contribution in [3.8, 4) is 0 Å². The van der Waals surface area contributed by atoms with Crippen LogP contribution in [0.5, 0.6) is 0 Å². The number of nitrogens with zero attached hydrogens (tertiary/aromatic N) is 2. The van der Waals surface area contributed by atoms with Crippen molar-refractivity contribution in [2.75, 3.05) is 26.7 Å². The quantitative estimate of drug-likeness (QED) is 0.295. The van der Waals surface area contributed by atoms with Crippen LogP contribution in [0, 0.1) is 10.1 Å². The highest BCUT2D eigenvalue weighted by atomic mass is 16.6. The van der Waals surface area contributed by atoms with E-state index in [0.717, 1.165) is 5.56 Å². The molecular weight excluding hydrogens is 502 g/mol. The molecule has 2 unspecified atom stereocenters. The van der Waals surface area contributed by atoms with Gasteiger partial charge in [0.2, 0.25) is 0 Å². The van der Waals surface area contributed by atoms with Crippen LogP contribution in [0.2, 0.25) is 0 Å². The molecule has 2 atom stereocenters. The van der Waals surface area contributed by atoms with Crippen molar-refractivity contribution >= 4 is 17.6 Å². The number of hydrogen-bond donors (Lipinski definition) is 2. The Balaban J connectivity index is 1.72. The van der Waals surface area contributed by atoms with Crippen LogP contribution >= 0.6 is 0 Å². The van der Waals surface area contributed by atoms with E-state index in [4.69, 9.17) is 9.47 Å². The van der Waals surface area contributed by atoms with Gasteiger partial charge in [-0.05, 0) is 37.8 Å². The van der Waals surface area contributed by atoms with E-state index in [0.29, 0.717) is 49.4 Å². The molecule has 0 aromatic heterocycles. The number of nitrogens with one attached hydrogen (secondary N) is 1. The smallest absolute Gasteiger partial charge is 0.337 e. The molecular formula is C29H33N3O7. The second-order valence-corrected chi connectivity index (χ2v) is 9.82. The molecule has 0 saturated carbocycles. The normalized spacial score (nSPS) is 19.3. The Kier molecular flexibility index (Phi) is 8.78. The molecule has 1 fully saturated rings. The summed E-state index contributed by atoms with van der Waals surface area (Å²) in [7, 11) is 1.25. The van der Waals surface area contributed by atoms with Crippen molar-refractivity contribution in [3.63, 3.8) is 0 Å². The molecule has 0 aliphatic carbocycles. The average molecular weight is 536 g/mol. The molecule has 2 aliphatic rings. The van der Waals surface area contributed by atoms with Crippen molar-refractivity contribution in [3.05, 3.63) is 98.4 Å². The van der Waals surface area contributed by atoms with Crippen LogP contribution in [0.1, 0.15) is 49.8 Å². The number of carbonyl (C=O) groups excluding carboxylic acids is 2. The summed E-state index contributed by atoms with van der Waals surface area (Å²) in [5.41, 5.74) is 2.37. The zero-order valence-electron chi connectivity index (χ0n) is 22.3. The van der Waals surface area contributed by atoms with Crippen molar-refractivity contribution in [2.24, 2.45) is 0 Å². The maximum Gasteiger partial charge on any atom is 0.337 e. The average Bonchev–Trinajstić information content (AvgIpc) is 2.93. The number of hydrogen-bond acceptors (Lipinski definition) is 9. The highest BCUT2D eigenvalue weighted by Crippen LogP contribution is 2.41.